The van der Waals surface area contributed by atoms with Crippen molar-refractivity contribution >= 4 is 11.7 Å². The molecular formula is C16H19N3O4. The number of aliphatic hydroxyl groups is 1. The normalized spacial score (nSPS) is 13.7. The molecule has 1 aromatic heterocycles. The minimum Gasteiger partial charge on any atom is -0.454 e. The number of aromatic nitrogens is 1. The summed E-state index contributed by atoms with van der Waals surface area (Å²) in [6.45, 7) is 0.560. The highest BCUT2D eigenvalue weighted by Gasteiger charge is 2.14. The molecule has 0 saturated carbocycles. The zero-order valence-corrected chi connectivity index (χ0v) is 12.8. The van der Waals surface area contributed by atoms with Gasteiger partial charge in [-0.2, -0.15) is 0 Å². The summed E-state index contributed by atoms with van der Waals surface area (Å²) in [7, 11) is 1.87. The number of nitrogens with zero attached hydrogens (tertiary/aromatic N) is 1. The van der Waals surface area contributed by atoms with Gasteiger partial charge in [0.15, 0.2) is 11.5 Å². The van der Waals surface area contributed by atoms with Gasteiger partial charge in [0.2, 0.25) is 6.79 Å². The number of fused-ring (bicyclic) bond motifs is 1. The molecule has 23 heavy (non-hydrogen) atoms. The van der Waals surface area contributed by atoms with Gasteiger partial charge in [-0.3, -0.25) is 0 Å². The summed E-state index contributed by atoms with van der Waals surface area (Å²) in [5.74, 6) is 1.28. The maximum Gasteiger partial charge on any atom is 0.319 e. The molecule has 0 radical (unpaired) electrons. The van der Waals surface area contributed by atoms with E-state index in [1.54, 1.807) is 18.2 Å². The van der Waals surface area contributed by atoms with Crippen molar-refractivity contribution in [3.63, 3.8) is 0 Å². The number of carbonyl (C=O) groups is 1. The minimum absolute atomic E-state index is 0.196. The highest BCUT2D eigenvalue weighted by Crippen LogP contribution is 2.34. The number of hydrogen-bond acceptors (Lipinski definition) is 4. The van der Waals surface area contributed by atoms with Crippen LogP contribution in [0.1, 0.15) is 18.2 Å². The van der Waals surface area contributed by atoms with E-state index in [0.29, 0.717) is 30.2 Å². The number of aliphatic hydroxyl groups excluding tert-OH is 1. The van der Waals surface area contributed by atoms with Gasteiger partial charge >= 0.3 is 6.03 Å². The Morgan fingerprint density at radius 3 is 2.96 bits per heavy atom. The Bertz CT molecular complexity index is 698. The molecule has 0 spiro atoms. The molecule has 1 unspecified atom stereocenters. The van der Waals surface area contributed by atoms with Crippen LogP contribution in [0.2, 0.25) is 0 Å². The van der Waals surface area contributed by atoms with E-state index < -0.39 is 6.10 Å². The number of urea groups is 1. The van der Waals surface area contributed by atoms with E-state index in [1.807, 2.05) is 29.9 Å². The maximum absolute atomic E-state index is 11.9. The molecule has 0 saturated heterocycles. The number of benzene rings is 1. The van der Waals surface area contributed by atoms with Crippen molar-refractivity contribution < 1.29 is 19.4 Å². The monoisotopic (exact) mass is 317 g/mol. The van der Waals surface area contributed by atoms with Crippen molar-refractivity contribution in [2.24, 2.45) is 7.05 Å². The Morgan fingerprint density at radius 1 is 1.35 bits per heavy atom. The summed E-state index contributed by atoms with van der Waals surface area (Å²) < 4.78 is 12.3. The summed E-state index contributed by atoms with van der Waals surface area (Å²) >= 11 is 0. The summed E-state index contributed by atoms with van der Waals surface area (Å²) in [5.41, 5.74) is 1.44. The van der Waals surface area contributed by atoms with Crippen molar-refractivity contribution in [2.45, 2.75) is 12.5 Å². The third kappa shape index (κ3) is 3.57. The lowest BCUT2D eigenvalue weighted by Crippen LogP contribution is -2.30. The van der Waals surface area contributed by atoms with E-state index in [1.165, 1.54) is 0 Å². The molecular weight excluding hydrogens is 298 g/mol. The van der Waals surface area contributed by atoms with Crippen LogP contribution in [0.4, 0.5) is 10.5 Å². The molecule has 1 atom stereocenters. The van der Waals surface area contributed by atoms with E-state index in [0.717, 1.165) is 5.69 Å². The number of amides is 2. The second kappa shape index (κ2) is 6.62. The number of hydrogen-bond donors (Lipinski definition) is 3. The number of rotatable bonds is 5. The van der Waals surface area contributed by atoms with Gasteiger partial charge in [0, 0.05) is 37.2 Å². The van der Waals surface area contributed by atoms with Crippen LogP contribution < -0.4 is 20.1 Å². The topological polar surface area (TPSA) is 84.8 Å². The largest absolute Gasteiger partial charge is 0.454 e. The molecule has 3 rings (SSSR count). The fourth-order valence-corrected chi connectivity index (χ4v) is 2.44. The van der Waals surface area contributed by atoms with Crippen LogP contribution in [0.5, 0.6) is 11.5 Å². The van der Waals surface area contributed by atoms with Gasteiger partial charge in [-0.25, -0.2) is 4.79 Å². The second-order valence-corrected chi connectivity index (χ2v) is 5.30. The summed E-state index contributed by atoms with van der Waals surface area (Å²) in [6.07, 6.45) is 1.70. The van der Waals surface area contributed by atoms with Crippen molar-refractivity contribution in [1.82, 2.24) is 9.88 Å². The van der Waals surface area contributed by atoms with Gasteiger partial charge in [0.25, 0.3) is 0 Å². The average Bonchev–Trinajstić information content (AvgIpc) is 3.15. The Balaban J connectivity index is 1.46. The van der Waals surface area contributed by atoms with Gasteiger partial charge in [-0.05, 0) is 30.7 Å². The van der Waals surface area contributed by atoms with Gasteiger partial charge in [-0.15, -0.1) is 0 Å². The zero-order valence-electron chi connectivity index (χ0n) is 12.8. The molecule has 2 aromatic rings. The molecule has 0 fully saturated rings. The maximum atomic E-state index is 11.9. The third-order valence-corrected chi connectivity index (χ3v) is 3.66. The molecule has 7 nitrogen and oxygen atoms in total. The number of carbonyl (C=O) groups excluding carboxylic acids is 1. The Morgan fingerprint density at radius 2 is 2.17 bits per heavy atom. The van der Waals surface area contributed by atoms with Crippen LogP contribution in [0, 0.1) is 0 Å². The standard InChI is InChI=1S/C16H19N3O4/c1-19-8-2-3-12(19)13(20)6-7-17-16(21)18-11-4-5-14-15(9-11)23-10-22-14/h2-5,8-9,13,20H,6-7,10H2,1H3,(H2,17,18,21). The first kappa shape index (κ1) is 15.2. The fourth-order valence-electron chi connectivity index (χ4n) is 2.44. The summed E-state index contributed by atoms with van der Waals surface area (Å²) in [5, 5.41) is 15.5. The van der Waals surface area contributed by atoms with Crippen molar-refractivity contribution in [1.29, 1.82) is 0 Å². The predicted molar refractivity (Wildman–Crippen MR) is 84.6 cm³/mol. The van der Waals surface area contributed by atoms with Crippen molar-refractivity contribution in [2.75, 3.05) is 18.7 Å². The summed E-state index contributed by atoms with van der Waals surface area (Å²) in [6, 6.07) is 8.60. The van der Waals surface area contributed by atoms with Crippen LogP contribution in [0.3, 0.4) is 0 Å². The average molecular weight is 317 g/mol. The number of ether oxygens (including phenoxy) is 2. The minimum atomic E-state index is -0.610. The first-order valence-corrected chi connectivity index (χ1v) is 7.37. The molecule has 7 heteroatoms. The molecule has 0 aliphatic carbocycles. The molecule has 2 heterocycles. The van der Waals surface area contributed by atoms with Crippen LogP contribution >= 0.6 is 0 Å². The molecule has 3 N–H and O–H groups in total. The van der Waals surface area contributed by atoms with E-state index in [-0.39, 0.29) is 12.8 Å². The molecule has 0 bridgehead atoms. The Hall–Kier alpha value is -2.67. The smallest absolute Gasteiger partial charge is 0.319 e. The SMILES string of the molecule is Cn1cccc1C(O)CCNC(=O)Nc1ccc2c(c1)OCO2. The molecule has 1 aliphatic rings. The van der Waals surface area contributed by atoms with Crippen molar-refractivity contribution in [3.05, 3.63) is 42.2 Å². The molecule has 122 valence electrons. The van der Waals surface area contributed by atoms with Crippen LogP contribution in [-0.2, 0) is 7.05 Å². The molecule has 1 aromatic carbocycles. The van der Waals surface area contributed by atoms with Crippen molar-refractivity contribution in [3.8, 4) is 11.5 Å². The lowest BCUT2D eigenvalue weighted by molar-refractivity contribution is 0.159. The zero-order chi connectivity index (χ0) is 16.2. The number of anilines is 1. The van der Waals surface area contributed by atoms with Gasteiger partial charge in [0.1, 0.15) is 0 Å². The van der Waals surface area contributed by atoms with E-state index >= 15 is 0 Å². The third-order valence-electron chi connectivity index (χ3n) is 3.66. The second-order valence-electron chi connectivity index (χ2n) is 5.30. The van der Waals surface area contributed by atoms with E-state index in [2.05, 4.69) is 10.6 Å². The lowest BCUT2D eigenvalue weighted by atomic mass is 10.2. The quantitative estimate of drug-likeness (QED) is 0.787. The number of nitrogens with one attached hydrogen (secondary N) is 2. The summed E-state index contributed by atoms with van der Waals surface area (Å²) in [4.78, 5) is 11.9. The molecule has 2 amide bonds. The first-order chi connectivity index (χ1) is 11.1. The highest BCUT2D eigenvalue weighted by molar-refractivity contribution is 5.89. The van der Waals surface area contributed by atoms with E-state index in [4.69, 9.17) is 9.47 Å². The lowest BCUT2D eigenvalue weighted by Gasteiger charge is -2.13. The first-order valence-electron chi connectivity index (χ1n) is 7.37. The number of aryl methyl sites for hydroxylation is 1. The molecule has 1 aliphatic heterocycles. The van der Waals surface area contributed by atoms with E-state index in [9.17, 15) is 9.90 Å². The highest BCUT2D eigenvalue weighted by atomic mass is 16.7. The van der Waals surface area contributed by atoms with Gasteiger partial charge in [0.05, 0.1) is 6.10 Å². The predicted octanol–water partition coefficient (Wildman–Crippen LogP) is 2.00. The van der Waals surface area contributed by atoms with Gasteiger partial charge in [-0.1, -0.05) is 0 Å². The van der Waals surface area contributed by atoms with Crippen LogP contribution in [0.15, 0.2) is 36.5 Å². The van der Waals surface area contributed by atoms with Gasteiger partial charge < -0.3 is 29.8 Å². The van der Waals surface area contributed by atoms with Crippen LogP contribution in [-0.4, -0.2) is 29.0 Å². The Labute approximate surface area is 133 Å². The fraction of sp³-hybridized carbons (Fsp3) is 0.312. The van der Waals surface area contributed by atoms with Crippen LogP contribution in [0.25, 0.3) is 0 Å². The Kier molecular flexibility index (Phi) is 4.38.